The van der Waals surface area contributed by atoms with Crippen molar-refractivity contribution in [1.29, 1.82) is 0 Å². The van der Waals surface area contributed by atoms with Crippen molar-refractivity contribution in [2.45, 2.75) is 6.92 Å². The molecule has 1 amide bonds. The van der Waals surface area contributed by atoms with E-state index in [-0.39, 0.29) is 23.0 Å². The molecule has 4 nitrogen and oxygen atoms in total. The Bertz CT molecular complexity index is 702. The number of amides is 1. The monoisotopic (exact) mass is 320 g/mol. The van der Waals surface area contributed by atoms with E-state index in [2.05, 4.69) is 10.6 Å². The summed E-state index contributed by atoms with van der Waals surface area (Å²) in [6.07, 6.45) is 0. The Labute approximate surface area is 132 Å². The minimum absolute atomic E-state index is 0.0255. The van der Waals surface area contributed by atoms with Crippen molar-refractivity contribution in [3.05, 3.63) is 58.9 Å². The number of benzene rings is 2. The van der Waals surface area contributed by atoms with Gasteiger partial charge in [-0.25, -0.2) is 4.39 Å². The van der Waals surface area contributed by atoms with Gasteiger partial charge in [0.1, 0.15) is 5.82 Å². The summed E-state index contributed by atoms with van der Waals surface area (Å²) >= 11 is 5.64. The highest BCUT2D eigenvalue weighted by Crippen LogP contribution is 2.18. The first-order valence-electron chi connectivity index (χ1n) is 6.55. The van der Waals surface area contributed by atoms with Gasteiger partial charge >= 0.3 is 0 Å². The molecule has 0 saturated carbocycles. The molecule has 0 atom stereocenters. The summed E-state index contributed by atoms with van der Waals surface area (Å²) in [5, 5.41) is 5.60. The summed E-state index contributed by atoms with van der Waals surface area (Å²) in [4.78, 5) is 22.9. The van der Waals surface area contributed by atoms with Gasteiger partial charge in [-0.2, -0.15) is 0 Å². The second-order valence-electron chi connectivity index (χ2n) is 4.66. The molecule has 2 rings (SSSR count). The summed E-state index contributed by atoms with van der Waals surface area (Å²) in [6, 6.07) is 10.8. The first-order chi connectivity index (χ1) is 10.5. The highest BCUT2D eigenvalue weighted by molar-refractivity contribution is 6.30. The van der Waals surface area contributed by atoms with Crippen molar-refractivity contribution in [2.24, 2.45) is 0 Å². The quantitative estimate of drug-likeness (QED) is 0.825. The highest BCUT2D eigenvalue weighted by atomic mass is 35.5. The Balaban J connectivity index is 1.91. The molecule has 2 aromatic rings. The fourth-order valence-electron chi connectivity index (χ4n) is 1.79. The van der Waals surface area contributed by atoms with Crippen LogP contribution in [0.3, 0.4) is 0 Å². The van der Waals surface area contributed by atoms with Crippen LogP contribution in [0, 0.1) is 5.82 Å². The molecule has 114 valence electrons. The molecular weight excluding hydrogens is 307 g/mol. The number of ketones is 1. The van der Waals surface area contributed by atoms with Gasteiger partial charge < -0.3 is 10.6 Å². The predicted octanol–water partition coefficient (Wildman–Crippen LogP) is 3.73. The molecule has 0 unspecified atom stereocenters. The van der Waals surface area contributed by atoms with Crippen molar-refractivity contribution in [3.63, 3.8) is 0 Å². The molecule has 0 aliphatic heterocycles. The second kappa shape index (κ2) is 7.04. The van der Waals surface area contributed by atoms with Crippen molar-refractivity contribution < 1.29 is 14.0 Å². The lowest BCUT2D eigenvalue weighted by atomic mass is 10.1. The number of carbonyl (C=O) groups is 2. The maximum atomic E-state index is 13.5. The number of hydrogen-bond donors (Lipinski definition) is 2. The SMILES string of the molecule is CC(=O)c1ccc(NCC(=O)Nc2ccc(Cl)cc2F)cc1. The fourth-order valence-corrected chi connectivity index (χ4v) is 1.95. The lowest BCUT2D eigenvalue weighted by Crippen LogP contribution is -2.22. The normalized spacial score (nSPS) is 10.1. The van der Waals surface area contributed by atoms with Crippen LogP contribution in [-0.2, 0) is 4.79 Å². The van der Waals surface area contributed by atoms with E-state index < -0.39 is 11.7 Å². The summed E-state index contributed by atoms with van der Waals surface area (Å²) in [7, 11) is 0. The second-order valence-corrected chi connectivity index (χ2v) is 5.10. The van der Waals surface area contributed by atoms with E-state index in [9.17, 15) is 14.0 Å². The van der Waals surface area contributed by atoms with Crippen LogP contribution >= 0.6 is 11.6 Å². The van der Waals surface area contributed by atoms with E-state index in [0.29, 0.717) is 11.3 Å². The molecule has 22 heavy (non-hydrogen) atoms. The smallest absolute Gasteiger partial charge is 0.243 e. The van der Waals surface area contributed by atoms with Crippen LogP contribution in [0.15, 0.2) is 42.5 Å². The molecular formula is C16H14ClFN2O2. The number of nitrogens with one attached hydrogen (secondary N) is 2. The highest BCUT2D eigenvalue weighted by Gasteiger charge is 2.07. The Morgan fingerprint density at radius 1 is 1.14 bits per heavy atom. The number of carbonyl (C=O) groups excluding carboxylic acids is 2. The minimum atomic E-state index is -0.591. The van der Waals surface area contributed by atoms with E-state index >= 15 is 0 Å². The van der Waals surface area contributed by atoms with Gasteiger partial charge in [-0.3, -0.25) is 9.59 Å². The number of halogens is 2. The lowest BCUT2D eigenvalue weighted by molar-refractivity contribution is -0.114. The first kappa shape index (κ1) is 16.0. The average Bonchev–Trinajstić information content (AvgIpc) is 2.48. The molecule has 0 fully saturated rings. The van der Waals surface area contributed by atoms with Gasteiger partial charge in [0.15, 0.2) is 5.78 Å². The van der Waals surface area contributed by atoms with Crippen LogP contribution in [0.25, 0.3) is 0 Å². The van der Waals surface area contributed by atoms with E-state index in [1.54, 1.807) is 24.3 Å². The maximum Gasteiger partial charge on any atom is 0.243 e. The van der Waals surface area contributed by atoms with Crippen molar-refractivity contribution in [2.75, 3.05) is 17.2 Å². The minimum Gasteiger partial charge on any atom is -0.376 e. The summed E-state index contributed by atoms with van der Waals surface area (Å²) in [5.74, 6) is -1.01. The van der Waals surface area contributed by atoms with E-state index in [1.165, 1.54) is 19.1 Å². The molecule has 0 saturated heterocycles. The third-order valence-corrected chi connectivity index (χ3v) is 3.18. The van der Waals surface area contributed by atoms with Gasteiger partial charge in [0.05, 0.1) is 12.2 Å². The van der Waals surface area contributed by atoms with E-state index in [0.717, 1.165) is 6.07 Å². The molecule has 0 radical (unpaired) electrons. The van der Waals surface area contributed by atoms with Crippen LogP contribution in [0.1, 0.15) is 17.3 Å². The zero-order chi connectivity index (χ0) is 16.1. The zero-order valence-corrected chi connectivity index (χ0v) is 12.6. The third kappa shape index (κ3) is 4.30. The number of anilines is 2. The molecule has 0 aromatic heterocycles. The van der Waals surface area contributed by atoms with Gasteiger partial charge in [-0.1, -0.05) is 11.6 Å². The van der Waals surface area contributed by atoms with Crippen LogP contribution < -0.4 is 10.6 Å². The molecule has 2 aromatic carbocycles. The van der Waals surface area contributed by atoms with Gasteiger partial charge in [-0.05, 0) is 49.4 Å². The van der Waals surface area contributed by atoms with E-state index in [4.69, 9.17) is 11.6 Å². The zero-order valence-electron chi connectivity index (χ0n) is 11.8. The largest absolute Gasteiger partial charge is 0.376 e. The maximum absolute atomic E-state index is 13.5. The molecule has 0 aliphatic carbocycles. The Hall–Kier alpha value is -2.40. The average molecular weight is 321 g/mol. The Morgan fingerprint density at radius 2 is 1.82 bits per heavy atom. The molecule has 0 bridgehead atoms. The Kier molecular flexibility index (Phi) is 5.12. The molecule has 6 heteroatoms. The van der Waals surface area contributed by atoms with Crippen molar-refractivity contribution in [3.8, 4) is 0 Å². The van der Waals surface area contributed by atoms with Crippen molar-refractivity contribution in [1.82, 2.24) is 0 Å². The van der Waals surface area contributed by atoms with Gasteiger partial charge in [-0.15, -0.1) is 0 Å². The topological polar surface area (TPSA) is 58.2 Å². The van der Waals surface area contributed by atoms with Crippen molar-refractivity contribution >= 4 is 34.7 Å². The molecule has 2 N–H and O–H groups in total. The van der Waals surface area contributed by atoms with Gasteiger partial charge in [0.2, 0.25) is 5.91 Å². The summed E-state index contributed by atoms with van der Waals surface area (Å²) in [5.41, 5.74) is 1.36. The molecule has 0 aliphatic rings. The fraction of sp³-hybridized carbons (Fsp3) is 0.125. The number of rotatable bonds is 5. The van der Waals surface area contributed by atoms with Crippen LogP contribution in [0.2, 0.25) is 5.02 Å². The predicted molar refractivity (Wildman–Crippen MR) is 85.0 cm³/mol. The standard InChI is InChI=1S/C16H14ClFN2O2/c1-10(21)11-2-5-13(6-3-11)19-9-16(22)20-15-7-4-12(17)8-14(15)18/h2-8,19H,9H2,1H3,(H,20,22). The lowest BCUT2D eigenvalue weighted by Gasteiger charge is -2.09. The van der Waals surface area contributed by atoms with Crippen LogP contribution in [0.5, 0.6) is 0 Å². The van der Waals surface area contributed by atoms with Gasteiger partial charge in [0.25, 0.3) is 0 Å². The molecule has 0 heterocycles. The first-order valence-corrected chi connectivity index (χ1v) is 6.93. The number of hydrogen-bond acceptors (Lipinski definition) is 3. The molecule has 0 spiro atoms. The number of Topliss-reactive ketones (excluding diaryl/α,β-unsaturated/α-hetero) is 1. The Morgan fingerprint density at radius 3 is 2.41 bits per heavy atom. The van der Waals surface area contributed by atoms with E-state index in [1.807, 2.05) is 0 Å². The third-order valence-electron chi connectivity index (χ3n) is 2.95. The van der Waals surface area contributed by atoms with Crippen LogP contribution in [-0.4, -0.2) is 18.2 Å². The van der Waals surface area contributed by atoms with Crippen LogP contribution in [0.4, 0.5) is 15.8 Å². The summed E-state index contributed by atoms with van der Waals surface area (Å²) in [6.45, 7) is 1.46. The van der Waals surface area contributed by atoms with Gasteiger partial charge in [0, 0.05) is 16.3 Å². The summed E-state index contributed by atoms with van der Waals surface area (Å²) < 4.78 is 13.5.